The molecule has 0 bridgehead atoms. The molecule has 2 aliphatic heterocycles. The van der Waals surface area contributed by atoms with E-state index < -0.39 is 0 Å². The van der Waals surface area contributed by atoms with E-state index in [1.807, 2.05) is 6.08 Å². The standard InChI is InChI=1S/C10H18OS.C4H8O2S/c1-5-10(4)7-6-8(11-10)9(2,3)12;7-2-4-1-5-3-6-4/h5,8,12H,1,6-7H2,2-4H3;4,7H,1-3H2. The molecule has 0 aromatic rings. The smallest absolute Gasteiger partial charge is 0.147 e. The molecule has 0 aromatic carbocycles. The van der Waals surface area contributed by atoms with Crippen LogP contribution in [0, 0.1) is 0 Å². The molecule has 0 spiro atoms. The van der Waals surface area contributed by atoms with E-state index in [1.54, 1.807) is 0 Å². The maximum atomic E-state index is 5.87. The quantitative estimate of drug-likeness (QED) is 0.620. The number of rotatable bonds is 3. The van der Waals surface area contributed by atoms with E-state index in [1.165, 1.54) is 0 Å². The molecular formula is C14H26O3S2. The van der Waals surface area contributed by atoms with Gasteiger partial charge >= 0.3 is 0 Å². The fourth-order valence-corrected chi connectivity index (χ4v) is 2.38. The average molecular weight is 306 g/mol. The van der Waals surface area contributed by atoms with E-state index in [4.69, 9.17) is 14.2 Å². The fraction of sp³-hybridized carbons (Fsp3) is 0.857. The van der Waals surface area contributed by atoms with Gasteiger partial charge in [0.05, 0.1) is 24.4 Å². The lowest BCUT2D eigenvalue weighted by Gasteiger charge is -2.28. The lowest BCUT2D eigenvalue weighted by molar-refractivity contribution is -0.00771. The first kappa shape index (κ1) is 17.4. The van der Waals surface area contributed by atoms with Gasteiger partial charge in [-0.2, -0.15) is 25.3 Å². The van der Waals surface area contributed by atoms with Crippen LogP contribution in [0.15, 0.2) is 12.7 Å². The highest BCUT2D eigenvalue weighted by Crippen LogP contribution is 2.37. The topological polar surface area (TPSA) is 27.7 Å². The van der Waals surface area contributed by atoms with Crippen molar-refractivity contribution in [1.82, 2.24) is 0 Å². The summed E-state index contributed by atoms with van der Waals surface area (Å²) in [7, 11) is 0. The minimum atomic E-state index is -0.120. The third kappa shape index (κ3) is 5.68. The van der Waals surface area contributed by atoms with Gasteiger partial charge in [0.1, 0.15) is 6.79 Å². The zero-order chi connectivity index (χ0) is 14.5. The number of thiol groups is 2. The molecule has 0 radical (unpaired) electrons. The van der Waals surface area contributed by atoms with Crippen molar-refractivity contribution < 1.29 is 14.2 Å². The summed E-state index contributed by atoms with van der Waals surface area (Å²) < 4.78 is 15.7. The molecule has 2 rings (SSSR count). The van der Waals surface area contributed by atoms with Crippen LogP contribution in [0.25, 0.3) is 0 Å². The second-order valence-electron chi connectivity index (χ2n) is 5.78. The van der Waals surface area contributed by atoms with Gasteiger partial charge in [0.2, 0.25) is 0 Å². The molecule has 3 atom stereocenters. The summed E-state index contributed by atoms with van der Waals surface area (Å²) >= 11 is 8.52. The van der Waals surface area contributed by atoms with Crippen molar-refractivity contribution >= 4 is 25.3 Å². The van der Waals surface area contributed by atoms with Crippen molar-refractivity contribution in [2.75, 3.05) is 19.2 Å². The first-order valence-corrected chi connectivity index (χ1v) is 7.72. The Labute approximate surface area is 127 Å². The van der Waals surface area contributed by atoms with Crippen LogP contribution in [-0.2, 0) is 14.2 Å². The Kier molecular flexibility index (Phi) is 6.73. The predicted molar refractivity (Wildman–Crippen MR) is 85.3 cm³/mol. The molecule has 0 amide bonds. The average Bonchev–Trinajstić information content (AvgIpc) is 2.98. The van der Waals surface area contributed by atoms with Gasteiger partial charge in [0.15, 0.2) is 0 Å². The predicted octanol–water partition coefficient (Wildman–Crippen LogP) is 3.11. The van der Waals surface area contributed by atoms with E-state index >= 15 is 0 Å². The normalized spacial score (nSPS) is 34.8. The highest BCUT2D eigenvalue weighted by molar-refractivity contribution is 7.81. The highest BCUT2D eigenvalue weighted by Gasteiger charge is 2.39. The number of ether oxygens (including phenoxy) is 3. The van der Waals surface area contributed by atoms with Gasteiger partial charge in [0.25, 0.3) is 0 Å². The van der Waals surface area contributed by atoms with Crippen molar-refractivity contribution in [2.24, 2.45) is 0 Å². The molecule has 112 valence electrons. The van der Waals surface area contributed by atoms with E-state index in [-0.39, 0.29) is 22.6 Å². The first-order chi connectivity index (χ1) is 8.80. The van der Waals surface area contributed by atoms with Crippen molar-refractivity contribution in [1.29, 1.82) is 0 Å². The van der Waals surface area contributed by atoms with Gasteiger partial charge in [-0.1, -0.05) is 6.08 Å². The fourth-order valence-electron chi connectivity index (χ4n) is 1.99. The molecule has 3 nitrogen and oxygen atoms in total. The lowest BCUT2D eigenvalue weighted by atomic mass is 9.99. The van der Waals surface area contributed by atoms with Crippen molar-refractivity contribution in [2.45, 2.75) is 56.2 Å². The molecule has 0 aliphatic carbocycles. The van der Waals surface area contributed by atoms with E-state index in [2.05, 4.69) is 52.6 Å². The summed E-state index contributed by atoms with van der Waals surface area (Å²) in [5.74, 6) is 0.764. The van der Waals surface area contributed by atoms with Gasteiger partial charge in [-0.3, -0.25) is 0 Å². The largest absolute Gasteiger partial charge is 0.367 e. The molecule has 0 aromatic heterocycles. The Hall–Kier alpha value is 0.320. The molecule has 2 saturated heterocycles. The van der Waals surface area contributed by atoms with Crippen molar-refractivity contribution in [3.8, 4) is 0 Å². The second-order valence-corrected chi connectivity index (χ2v) is 7.29. The number of hydrogen-bond donors (Lipinski definition) is 2. The van der Waals surface area contributed by atoms with Gasteiger partial charge in [-0.15, -0.1) is 6.58 Å². The van der Waals surface area contributed by atoms with Gasteiger partial charge in [-0.25, -0.2) is 0 Å². The molecule has 5 heteroatoms. The monoisotopic (exact) mass is 306 g/mol. The Morgan fingerprint density at radius 1 is 1.47 bits per heavy atom. The summed E-state index contributed by atoms with van der Waals surface area (Å²) in [5, 5.41) is 0. The van der Waals surface area contributed by atoms with Crippen LogP contribution in [0.2, 0.25) is 0 Å². The zero-order valence-electron chi connectivity index (χ0n) is 12.1. The molecule has 0 saturated carbocycles. The summed E-state index contributed by atoms with van der Waals surface area (Å²) in [5.41, 5.74) is -0.120. The third-order valence-corrected chi connectivity index (χ3v) is 4.12. The summed E-state index contributed by atoms with van der Waals surface area (Å²) in [4.78, 5) is 0. The van der Waals surface area contributed by atoms with Gasteiger partial charge in [-0.05, 0) is 33.6 Å². The molecule has 0 N–H and O–H groups in total. The van der Waals surface area contributed by atoms with Gasteiger partial charge < -0.3 is 14.2 Å². The molecule has 19 heavy (non-hydrogen) atoms. The minimum Gasteiger partial charge on any atom is -0.367 e. The Balaban J connectivity index is 0.000000218. The second kappa shape index (κ2) is 7.36. The Morgan fingerprint density at radius 2 is 2.16 bits per heavy atom. The van der Waals surface area contributed by atoms with E-state index in [0.717, 1.165) is 18.6 Å². The first-order valence-electron chi connectivity index (χ1n) is 6.65. The Bertz CT molecular complexity index is 285. The van der Waals surface area contributed by atoms with Crippen LogP contribution < -0.4 is 0 Å². The maximum absolute atomic E-state index is 5.87. The molecule has 3 unspecified atom stereocenters. The summed E-state index contributed by atoms with van der Waals surface area (Å²) in [6, 6.07) is 0. The molecule has 2 aliphatic rings. The highest BCUT2D eigenvalue weighted by atomic mass is 32.1. The van der Waals surface area contributed by atoms with E-state index in [0.29, 0.717) is 13.4 Å². The summed E-state index contributed by atoms with van der Waals surface area (Å²) in [6.45, 7) is 11.2. The van der Waals surface area contributed by atoms with E-state index in [9.17, 15) is 0 Å². The SMILES string of the molecule is C=CC1(C)CCC(C(C)(C)S)O1.SCC1COCO1. The van der Waals surface area contributed by atoms with Crippen molar-refractivity contribution in [3.63, 3.8) is 0 Å². The van der Waals surface area contributed by atoms with Gasteiger partial charge in [0, 0.05) is 10.5 Å². The van der Waals surface area contributed by atoms with Crippen LogP contribution in [-0.4, -0.2) is 41.7 Å². The van der Waals surface area contributed by atoms with Crippen LogP contribution in [0.4, 0.5) is 0 Å². The zero-order valence-corrected chi connectivity index (χ0v) is 13.9. The molecule has 2 heterocycles. The summed E-state index contributed by atoms with van der Waals surface area (Å²) in [6.07, 6.45) is 4.53. The van der Waals surface area contributed by atoms with Crippen molar-refractivity contribution in [3.05, 3.63) is 12.7 Å². The molecule has 2 fully saturated rings. The third-order valence-electron chi connectivity index (χ3n) is 3.43. The lowest BCUT2D eigenvalue weighted by Crippen LogP contribution is -2.33. The van der Waals surface area contributed by atoms with Crippen LogP contribution in [0.1, 0.15) is 33.6 Å². The van der Waals surface area contributed by atoms with Crippen LogP contribution >= 0.6 is 25.3 Å². The Morgan fingerprint density at radius 3 is 2.42 bits per heavy atom. The van der Waals surface area contributed by atoms with Crippen LogP contribution in [0.5, 0.6) is 0 Å². The minimum absolute atomic E-state index is 0.0409. The maximum Gasteiger partial charge on any atom is 0.147 e. The van der Waals surface area contributed by atoms with Crippen LogP contribution in [0.3, 0.4) is 0 Å². The number of hydrogen-bond acceptors (Lipinski definition) is 5. The molecular weight excluding hydrogens is 280 g/mol.